The van der Waals surface area contributed by atoms with E-state index in [1.165, 1.54) is 11.1 Å². The molecule has 3 N–H and O–H groups in total. The molecule has 0 unspecified atom stereocenters. The molecule has 2 aromatic rings. The van der Waals surface area contributed by atoms with Crippen LogP contribution in [-0.2, 0) is 11.2 Å². The van der Waals surface area contributed by atoms with E-state index in [0.717, 1.165) is 25.2 Å². The van der Waals surface area contributed by atoms with Crippen molar-refractivity contribution in [2.45, 2.75) is 19.3 Å². The van der Waals surface area contributed by atoms with Crippen LogP contribution in [0.15, 0.2) is 54.6 Å². The van der Waals surface area contributed by atoms with Gasteiger partial charge in [-0.1, -0.05) is 49.4 Å². The Hall–Kier alpha value is -2.17. The van der Waals surface area contributed by atoms with Crippen molar-refractivity contribution < 1.29 is 4.79 Å². The van der Waals surface area contributed by atoms with E-state index >= 15 is 0 Å². The Morgan fingerprint density at radius 1 is 1.12 bits per heavy atom. The molecule has 1 aliphatic heterocycles. The second-order valence-corrected chi connectivity index (χ2v) is 6.81. The van der Waals surface area contributed by atoms with Crippen molar-refractivity contribution in [3.05, 3.63) is 65.7 Å². The molecule has 0 radical (unpaired) electrons. The summed E-state index contributed by atoms with van der Waals surface area (Å²) >= 11 is 0. The number of nitrogens with zero attached hydrogens (tertiary/aromatic N) is 1. The van der Waals surface area contributed by atoms with E-state index in [1.807, 2.05) is 18.2 Å². The molecule has 4 nitrogen and oxygen atoms in total. The number of likely N-dealkylation sites (tertiary alicyclic amines) is 1. The van der Waals surface area contributed by atoms with Crippen LogP contribution in [0.4, 0.5) is 5.69 Å². The third-order valence-corrected chi connectivity index (χ3v) is 5.06. The van der Waals surface area contributed by atoms with Gasteiger partial charge in [-0.3, -0.25) is 9.69 Å². The second kappa shape index (κ2) is 8.28. The summed E-state index contributed by atoms with van der Waals surface area (Å²) in [5, 5.41) is 3.00. The topological polar surface area (TPSA) is 58.4 Å². The number of nitrogens with two attached hydrogens (primary N) is 1. The fourth-order valence-corrected chi connectivity index (χ4v) is 3.63. The highest BCUT2D eigenvalue weighted by atomic mass is 16.2. The summed E-state index contributed by atoms with van der Waals surface area (Å²) in [7, 11) is 0. The molecule has 0 saturated carbocycles. The molecule has 4 heteroatoms. The summed E-state index contributed by atoms with van der Waals surface area (Å²) < 4.78 is 0. The smallest absolute Gasteiger partial charge is 0.238 e. The minimum atomic E-state index is 0.0359. The largest absolute Gasteiger partial charge is 0.330 e. The normalized spacial score (nSPS) is 20.6. The van der Waals surface area contributed by atoms with Gasteiger partial charge in [-0.2, -0.15) is 0 Å². The molecule has 3 rings (SSSR count). The van der Waals surface area contributed by atoms with E-state index in [2.05, 4.69) is 53.5 Å². The molecule has 0 spiro atoms. The van der Waals surface area contributed by atoms with Crippen molar-refractivity contribution in [2.24, 2.45) is 11.7 Å². The van der Waals surface area contributed by atoms with Crippen molar-refractivity contribution in [1.29, 1.82) is 0 Å². The summed E-state index contributed by atoms with van der Waals surface area (Å²) in [6.07, 6.45) is 1.00. The highest BCUT2D eigenvalue weighted by molar-refractivity contribution is 5.92. The highest BCUT2D eigenvalue weighted by Gasteiger charge is 2.33. The van der Waals surface area contributed by atoms with Crippen molar-refractivity contribution >= 4 is 11.6 Å². The zero-order valence-electron chi connectivity index (χ0n) is 14.8. The van der Waals surface area contributed by atoms with Crippen LogP contribution >= 0.6 is 0 Å². The van der Waals surface area contributed by atoms with Crippen LogP contribution < -0.4 is 11.1 Å². The molecule has 132 valence electrons. The van der Waals surface area contributed by atoms with Crippen molar-refractivity contribution in [3.63, 3.8) is 0 Å². The van der Waals surface area contributed by atoms with Crippen molar-refractivity contribution in [3.8, 4) is 0 Å². The molecule has 1 heterocycles. The SMILES string of the molecule is CCc1ccc(NC(=O)CN2C[C@@H](CN)[C@H](c3ccccc3)C2)cc1. The Kier molecular flexibility index (Phi) is 5.84. The second-order valence-electron chi connectivity index (χ2n) is 6.81. The first kappa shape index (κ1) is 17.6. The lowest BCUT2D eigenvalue weighted by Crippen LogP contribution is -2.32. The number of anilines is 1. The molecule has 2 atom stereocenters. The number of rotatable bonds is 6. The predicted molar refractivity (Wildman–Crippen MR) is 103 cm³/mol. The first-order valence-corrected chi connectivity index (χ1v) is 9.05. The molecular formula is C21H27N3O. The van der Waals surface area contributed by atoms with Gasteiger partial charge in [0.1, 0.15) is 0 Å². The maximum absolute atomic E-state index is 12.4. The van der Waals surface area contributed by atoms with Crippen molar-refractivity contribution in [1.82, 2.24) is 4.90 Å². The van der Waals surface area contributed by atoms with E-state index in [4.69, 9.17) is 5.73 Å². The van der Waals surface area contributed by atoms with Gasteiger partial charge in [0.25, 0.3) is 0 Å². The molecular weight excluding hydrogens is 310 g/mol. The average molecular weight is 337 g/mol. The fraction of sp³-hybridized carbons (Fsp3) is 0.381. The Morgan fingerprint density at radius 2 is 1.84 bits per heavy atom. The number of nitrogens with one attached hydrogen (secondary N) is 1. The molecule has 1 aliphatic rings. The van der Waals surface area contributed by atoms with E-state index in [0.29, 0.717) is 24.9 Å². The number of hydrogen-bond donors (Lipinski definition) is 2. The Balaban J connectivity index is 1.58. The van der Waals surface area contributed by atoms with Crippen LogP contribution in [0.25, 0.3) is 0 Å². The van der Waals surface area contributed by atoms with Gasteiger partial charge in [0.2, 0.25) is 5.91 Å². The summed E-state index contributed by atoms with van der Waals surface area (Å²) in [5.74, 6) is 0.843. The third kappa shape index (κ3) is 4.47. The van der Waals surface area contributed by atoms with E-state index in [1.54, 1.807) is 0 Å². The van der Waals surface area contributed by atoms with Gasteiger partial charge in [0.05, 0.1) is 6.54 Å². The molecule has 0 aromatic heterocycles. The Bertz CT molecular complexity index is 684. The predicted octanol–water partition coefficient (Wildman–Crippen LogP) is 2.86. The number of benzene rings is 2. The zero-order valence-corrected chi connectivity index (χ0v) is 14.8. The molecule has 1 amide bonds. The van der Waals surface area contributed by atoms with Gasteiger partial charge >= 0.3 is 0 Å². The first-order valence-electron chi connectivity index (χ1n) is 9.05. The van der Waals surface area contributed by atoms with Crippen LogP contribution in [0.1, 0.15) is 24.0 Å². The molecule has 0 aliphatic carbocycles. The molecule has 0 bridgehead atoms. The Labute approximate surface area is 150 Å². The maximum atomic E-state index is 12.4. The number of carbonyl (C=O) groups excluding carboxylic acids is 1. The summed E-state index contributed by atoms with van der Waals surface area (Å²) in [5.41, 5.74) is 9.42. The van der Waals surface area contributed by atoms with Crippen LogP contribution in [0.3, 0.4) is 0 Å². The lowest BCUT2D eigenvalue weighted by atomic mass is 9.89. The van der Waals surface area contributed by atoms with Crippen LogP contribution in [-0.4, -0.2) is 37.0 Å². The standard InChI is InChI=1S/C21H27N3O/c1-2-16-8-10-19(11-9-16)23-21(25)15-24-13-18(12-22)20(14-24)17-6-4-3-5-7-17/h3-11,18,20H,2,12-15,22H2,1H3,(H,23,25)/t18-,20+/m1/s1. The quantitative estimate of drug-likeness (QED) is 0.852. The lowest BCUT2D eigenvalue weighted by molar-refractivity contribution is -0.117. The summed E-state index contributed by atoms with van der Waals surface area (Å²) in [4.78, 5) is 14.6. The average Bonchev–Trinajstić information content (AvgIpc) is 3.05. The maximum Gasteiger partial charge on any atom is 0.238 e. The van der Waals surface area contributed by atoms with Crippen molar-refractivity contribution in [2.75, 3.05) is 31.5 Å². The summed E-state index contributed by atoms with van der Waals surface area (Å²) in [6.45, 7) is 4.94. The highest BCUT2D eigenvalue weighted by Crippen LogP contribution is 2.31. The minimum absolute atomic E-state index is 0.0359. The first-order chi connectivity index (χ1) is 12.2. The molecule has 2 aromatic carbocycles. The van der Waals surface area contributed by atoms with E-state index in [9.17, 15) is 4.79 Å². The van der Waals surface area contributed by atoms with E-state index in [-0.39, 0.29) is 5.91 Å². The number of aryl methyl sites for hydroxylation is 1. The van der Waals surface area contributed by atoms with Crippen LogP contribution in [0, 0.1) is 5.92 Å². The Morgan fingerprint density at radius 3 is 2.48 bits per heavy atom. The fourth-order valence-electron chi connectivity index (χ4n) is 3.63. The number of amides is 1. The van der Waals surface area contributed by atoms with Gasteiger partial charge < -0.3 is 11.1 Å². The number of carbonyl (C=O) groups is 1. The van der Waals surface area contributed by atoms with Gasteiger partial charge in [0, 0.05) is 24.7 Å². The van der Waals surface area contributed by atoms with Crippen LogP contribution in [0.5, 0.6) is 0 Å². The van der Waals surface area contributed by atoms with Gasteiger partial charge in [-0.25, -0.2) is 0 Å². The third-order valence-electron chi connectivity index (χ3n) is 5.06. The molecule has 1 fully saturated rings. The van der Waals surface area contributed by atoms with Gasteiger partial charge in [-0.15, -0.1) is 0 Å². The van der Waals surface area contributed by atoms with Gasteiger partial charge in [-0.05, 0) is 42.1 Å². The number of hydrogen-bond acceptors (Lipinski definition) is 3. The van der Waals surface area contributed by atoms with Gasteiger partial charge in [0.15, 0.2) is 0 Å². The summed E-state index contributed by atoms with van der Waals surface area (Å²) in [6, 6.07) is 18.5. The minimum Gasteiger partial charge on any atom is -0.330 e. The zero-order chi connectivity index (χ0) is 17.6. The monoisotopic (exact) mass is 337 g/mol. The van der Waals surface area contributed by atoms with Crippen LogP contribution in [0.2, 0.25) is 0 Å². The van der Waals surface area contributed by atoms with E-state index < -0.39 is 0 Å². The lowest BCUT2D eigenvalue weighted by Gasteiger charge is -2.16. The molecule has 1 saturated heterocycles. The molecule has 25 heavy (non-hydrogen) atoms.